The average Bonchev–Trinajstić information content (AvgIpc) is 2.39. The van der Waals surface area contributed by atoms with Crippen LogP contribution in [0.15, 0.2) is 0 Å². The average molecular weight is 178 g/mol. The zero-order chi connectivity index (χ0) is 8.10. The van der Waals surface area contributed by atoms with E-state index in [0.29, 0.717) is 12.5 Å². The summed E-state index contributed by atoms with van der Waals surface area (Å²) in [6, 6.07) is 0. The Bertz CT molecular complexity index is 132. The molecular weight excluding hydrogens is 164 g/mol. The van der Waals surface area contributed by atoms with Gasteiger partial charge in [-0.1, -0.05) is 0 Å². The normalized spacial score (nSPS) is 27.2. The minimum Gasteiger partial charge on any atom is -0.381 e. The number of hydrogen-bond donors (Lipinski definition) is 0. The minimum atomic E-state index is -1.11. The summed E-state index contributed by atoms with van der Waals surface area (Å²) in [6.07, 6.45) is 3.64. The molecule has 0 aromatic heterocycles. The maximum atomic E-state index is 10.5. The molecule has 66 valence electrons. The lowest BCUT2D eigenvalue weighted by molar-refractivity contribution is 0.179. The SMILES string of the molecule is CS(=O)OCCC1CCOC1. The van der Waals surface area contributed by atoms with Gasteiger partial charge in [-0.05, 0) is 18.8 Å². The molecule has 0 aliphatic carbocycles. The highest BCUT2D eigenvalue weighted by atomic mass is 32.2. The zero-order valence-electron chi connectivity index (χ0n) is 6.75. The van der Waals surface area contributed by atoms with Crippen LogP contribution in [-0.4, -0.2) is 30.3 Å². The molecule has 1 aliphatic heterocycles. The third-order valence-corrected chi connectivity index (χ3v) is 2.30. The highest BCUT2D eigenvalue weighted by Crippen LogP contribution is 2.15. The molecule has 11 heavy (non-hydrogen) atoms. The van der Waals surface area contributed by atoms with Gasteiger partial charge in [0.1, 0.15) is 0 Å². The van der Waals surface area contributed by atoms with Crippen molar-refractivity contribution in [1.29, 1.82) is 0 Å². The van der Waals surface area contributed by atoms with E-state index in [2.05, 4.69) is 0 Å². The molecule has 1 aliphatic rings. The van der Waals surface area contributed by atoms with Crippen LogP contribution in [0.3, 0.4) is 0 Å². The Balaban J connectivity index is 1.98. The first-order chi connectivity index (χ1) is 5.29. The molecule has 2 unspecified atom stereocenters. The topological polar surface area (TPSA) is 35.5 Å². The maximum Gasteiger partial charge on any atom is 0.152 e. The van der Waals surface area contributed by atoms with Crippen LogP contribution < -0.4 is 0 Å². The first kappa shape index (κ1) is 9.16. The summed E-state index contributed by atoms with van der Waals surface area (Å²) in [7, 11) is 0. The van der Waals surface area contributed by atoms with Gasteiger partial charge >= 0.3 is 0 Å². The quantitative estimate of drug-likeness (QED) is 0.636. The van der Waals surface area contributed by atoms with Gasteiger partial charge in [-0.15, -0.1) is 0 Å². The molecule has 0 spiro atoms. The van der Waals surface area contributed by atoms with Crippen molar-refractivity contribution in [3.05, 3.63) is 0 Å². The van der Waals surface area contributed by atoms with Gasteiger partial charge in [0, 0.05) is 19.5 Å². The molecule has 0 aromatic carbocycles. The van der Waals surface area contributed by atoms with Crippen LogP contribution in [0, 0.1) is 5.92 Å². The molecule has 1 saturated heterocycles. The monoisotopic (exact) mass is 178 g/mol. The van der Waals surface area contributed by atoms with Crippen LogP contribution in [0.1, 0.15) is 12.8 Å². The molecule has 2 atom stereocenters. The number of ether oxygens (including phenoxy) is 1. The van der Waals surface area contributed by atoms with Crippen molar-refractivity contribution in [2.75, 3.05) is 26.1 Å². The van der Waals surface area contributed by atoms with E-state index in [1.807, 2.05) is 0 Å². The second kappa shape index (κ2) is 4.85. The molecule has 0 bridgehead atoms. The second-order valence-electron chi connectivity index (χ2n) is 2.74. The van der Waals surface area contributed by atoms with E-state index in [1.54, 1.807) is 6.26 Å². The van der Waals surface area contributed by atoms with Crippen molar-refractivity contribution in [3.8, 4) is 0 Å². The van der Waals surface area contributed by atoms with Gasteiger partial charge in [-0.25, -0.2) is 4.21 Å². The van der Waals surface area contributed by atoms with E-state index in [9.17, 15) is 4.21 Å². The number of rotatable bonds is 4. The molecular formula is C7H14O3S. The molecule has 0 amide bonds. The highest BCUT2D eigenvalue weighted by Gasteiger charge is 2.14. The molecule has 4 heteroatoms. The van der Waals surface area contributed by atoms with Gasteiger partial charge in [0.05, 0.1) is 6.61 Å². The fraction of sp³-hybridized carbons (Fsp3) is 1.00. The summed E-state index contributed by atoms with van der Waals surface area (Å²) in [5, 5.41) is 0. The fourth-order valence-electron chi connectivity index (χ4n) is 1.14. The summed E-state index contributed by atoms with van der Waals surface area (Å²) in [5.74, 6) is 0.624. The first-order valence-corrected chi connectivity index (χ1v) is 5.32. The van der Waals surface area contributed by atoms with E-state index in [4.69, 9.17) is 8.92 Å². The lowest BCUT2D eigenvalue weighted by Gasteiger charge is -2.04. The van der Waals surface area contributed by atoms with Gasteiger partial charge in [0.25, 0.3) is 0 Å². The zero-order valence-corrected chi connectivity index (χ0v) is 7.56. The molecule has 0 aromatic rings. The second-order valence-corrected chi connectivity index (χ2v) is 3.78. The van der Waals surface area contributed by atoms with Crippen LogP contribution in [0.4, 0.5) is 0 Å². The molecule has 0 radical (unpaired) electrons. The number of hydrogen-bond acceptors (Lipinski definition) is 3. The summed E-state index contributed by atoms with van der Waals surface area (Å²) in [6.45, 7) is 2.32. The van der Waals surface area contributed by atoms with Crippen molar-refractivity contribution < 1.29 is 13.1 Å². The Kier molecular flexibility index (Phi) is 4.04. The van der Waals surface area contributed by atoms with Gasteiger partial charge < -0.3 is 4.74 Å². The van der Waals surface area contributed by atoms with Crippen LogP contribution >= 0.6 is 0 Å². The van der Waals surface area contributed by atoms with Gasteiger partial charge in [-0.3, -0.25) is 4.18 Å². The Hall–Kier alpha value is 0.0700. The first-order valence-electron chi connectivity index (χ1n) is 3.83. The van der Waals surface area contributed by atoms with E-state index in [0.717, 1.165) is 26.1 Å². The van der Waals surface area contributed by atoms with E-state index >= 15 is 0 Å². The minimum absolute atomic E-state index is 0.594. The van der Waals surface area contributed by atoms with Gasteiger partial charge in [-0.2, -0.15) is 0 Å². The van der Waals surface area contributed by atoms with Crippen LogP contribution in [0.25, 0.3) is 0 Å². The van der Waals surface area contributed by atoms with Crippen LogP contribution in [0.5, 0.6) is 0 Å². The molecule has 3 nitrogen and oxygen atoms in total. The Labute approximate surface area is 69.7 Å². The van der Waals surface area contributed by atoms with Crippen molar-refractivity contribution in [2.45, 2.75) is 12.8 Å². The molecule has 0 N–H and O–H groups in total. The summed E-state index contributed by atoms with van der Waals surface area (Å²) in [5.41, 5.74) is 0. The summed E-state index contributed by atoms with van der Waals surface area (Å²) < 4.78 is 20.6. The highest BCUT2D eigenvalue weighted by molar-refractivity contribution is 7.79. The fourth-order valence-corrected chi connectivity index (χ4v) is 1.47. The Morgan fingerprint density at radius 2 is 2.55 bits per heavy atom. The molecule has 0 saturated carbocycles. The Morgan fingerprint density at radius 1 is 1.73 bits per heavy atom. The third kappa shape index (κ3) is 3.84. The van der Waals surface area contributed by atoms with Crippen molar-refractivity contribution in [2.24, 2.45) is 5.92 Å². The summed E-state index contributed by atoms with van der Waals surface area (Å²) in [4.78, 5) is 0. The lowest BCUT2D eigenvalue weighted by atomic mass is 10.1. The predicted molar refractivity (Wildman–Crippen MR) is 43.6 cm³/mol. The predicted octanol–water partition coefficient (Wildman–Crippen LogP) is 0.723. The molecule has 1 fully saturated rings. The van der Waals surface area contributed by atoms with E-state index < -0.39 is 11.1 Å². The maximum absolute atomic E-state index is 10.5. The largest absolute Gasteiger partial charge is 0.381 e. The van der Waals surface area contributed by atoms with E-state index in [1.165, 1.54) is 0 Å². The molecule has 1 rings (SSSR count). The van der Waals surface area contributed by atoms with Crippen molar-refractivity contribution in [1.82, 2.24) is 0 Å². The summed E-state index contributed by atoms with van der Waals surface area (Å²) >= 11 is -1.11. The third-order valence-electron chi connectivity index (χ3n) is 1.80. The van der Waals surface area contributed by atoms with E-state index in [-0.39, 0.29) is 0 Å². The standard InChI is InChI=1S/C7H14O3S/c1-11(8)10-5-3-7-2-4-9-6-7/h7H,2-6H2,1H3. The Morgan fingerprint density at radius 3 is 3.09 bits per heavy atom. The van der Waals surface area contributed by atoms with Crippen molar-refractivity contribution >= 4 is 11.1 Å². The van der Waals surface area contributed by atoms with Crippen LogP contribution in [0.2, 0.25) is 0 Å². The smallest absolute Gasteiger partial charge is 0.152 e. The van der Waals surface area contributed by atoms with Gasteiger partial charge in [0.2, 0.25) is 0 Å². The van der Waals surface area contributed by atoms with Gasteiger partial charge in [0.15, 0.2) is 11.1 Å². The van der Waals surface area contributed by atoms with Crippen molar-refractivity contribution in [3.63, 3.8) is 0 Å². The lowest BCUT2D eigenvalue weighted by Crippen LogP contribution is -2.05. The van der Waals surface area contributed by atoms with Crippen LogP contribution in [-0.2, 0) is 20.0 Å². The molecule has 1 heterocycles.